The van der Waals surface area contributed by atoms with Crippen molar-refractivity contribution < 1.29 is 4.42 Å². The molecular formula is C67H41NOS. The fourth-order valence-corrected chi connectivity index (χ4v) is 13.4. The Hall–Kier alpha value is -8.76. The minimum absolute atomic E-state index is 0.496. The van der Waals surface area contributed by atoms with Crippen molar-refractivity contribution in [2.75, 3.05) is 4.90 Å². The van der Waals surface area contributed by atoms with Gasteiger partial charge in [0.25, 0.3) is 0 Å². The van der Waals surface area contributed by atoms with Gasteiger partial charge in [-0.15, -0.1) is 11.3 Å². The van der Waals surface area contributed by atoms with Gasteiger partial charge < -0.3 is 9.32 Å². The molecule has 2 aliphatic rings. The maximum Gasteiger partial charge on any atom is 0.160 e. The van der Waals surface area contributed by atoms with Gasteiger partial charge in [-0.3, -0.25) is 0 Å². The predicted octanol–water partition coefficient (Wildman–Crippen LogP) is 18.8. The van der Waals surface area contributed by atoms with Crippen LogP contribution >= 0.6 is 11.3 Å². The van der Waals surface area contributed by atoms with Gasteiger partial charge in [-0.25, -0.2) is 0 Å². The topological polar surface area (TPSA) is 16.4 Å². The van der Waals surface area contributed by atoms with Crippen LogP contribution in [0.2, 0.25) is 0 Å². The Kier molecular flexibility index (Phi) is 8.48. The molecule has 2 heterocycles. The van der Waals surface area contributed by atoms with Crippen LogP contribution < -0.4 is 4.90 Å². The second-order valence-corrected chi connectivity index (χ2v) is 19.7. The first-order valence-corrected chi connectivity index (χ1v) is 24.9. The number of thiophene rings is 1. The van der Waals surface area contributed by atoms with Crippen molar-refractivity contribution in [2.45, 2.75) is 5.41 Å². The summed E-state index contributed by atoms with van der Waals surface area (Å²) in [6.45, 7) is 0. The van der Waals surface area contributed by atoms with Crippen molar-refractivity contribution >= 4 is 70.5 Å². The number of rotatable bonds is 6. The lowest BCUT2D eigenvalue weighted by Gasteiger charge is -2.30. The number of para-hydroxylation sites is 1. The molecule has 0 fully saturated rings. The van der Waals surface area contributed by atoms with E-state index >= 15 is 0 Å². The summed E-state index contributed by atoms with van der Waals surface area (Å²) in [5, 5.41) is 4.85. The molecule has 0 saturated carbocycles. The Labute approximate surface area is 409 Å². The molecule has 0 N–H and O–H groups in total. The summed E-state index contributed by atoms with van der Waals surface area (Å²) in [6.07, 6.45) is 0. The van der Waals surface area contributed by atoms with Crippen LogP contribution in [0.25, 0.3) is 97.7 Å². The van der Waals surface area contributed by atoms with Crippen molar-refractivity contribution in [3.05, 3.63) is 271 Å². The van der Waals surface area contributed by atoms with E-state index in [1.807, 2.05) is 11.3 Å². The second-order valence-electron chi connectivity index (χ2n) is 18.6. The first-order valence-electron chi connectivity index (χ1n) is 24.1. The van der Waals surface area contributed by atoms with Crippen LogP contribution in [0.15, 0.2) is 253 Å². The second kappa shape index (κ2) is 15.1. The molecular weight excluding hydrogens is 867 g/mol. The average molecular weight is 908 g/mol. The number of hydrogen-bond acceptors (Lipinski definition) is 3. The first kappa shape index (κ1) is 39.3. The number of nitrogens with zero attached hydrogens (tertiary/aromatic N) is 1. The summed E-state index contributed by atoms with van der Waals surface area (Å²) >= 11 is 1.92. The van der Waals surface area contributed by atoms with Gasteiger partial charge in [-0.05, 0) is 115 Å². The van der Waals surface area contributed by atoms with Crippen LogP contribution in [0.1, 0.15) is 22.3 Å². The molecule has 0 saturated heterocycles. The molecule has 0 radical (unpaired) electrons. The number of benzene rings is 11. The highest BCUT2D eigenvalue weighted by atomic mass is 32.1. The molecule has 1 atom stereocenters. The summed E-state index contributed by atoms with van der Waals surface area (Å²) in [5.41, 5.74) is 21.9. The zero-order chi connectivity index (χ0) is 45.9. The first-order chi connectivity index (χ1) is 34.7. The largest absolute Gasteiger partial charge is 0.454 e. The Morgan fingerprint density at radius 1 is 0.343 bits per heavy atom. The number of hydrogen-bond donors (Lipinski definition) is 0. The molecule has 0 amide bonds. The van der Waals surface area contributed by atoms with Gasteiger partial charge in [0.05, 0.1) is 11.1 Å². The van der Waals surface area contributed by atoms with Crippen molar-refractivity contribution in [3.63, 3.8) is 0 Å². The van der Waals surface area contributed by atoms with Crippen molar-refractivity contribution in [1.82, 2.24) is 0 Å². The van der Waals surface area contributed by atoms with E-state index in [9.17, 15) is 0 Å². The van der Waals surface area contributed by atoms with Crippen LogP contribution in [0.3, 0.4) is 0 Å². The van der Waals surface area contributed by atoms with Crippen LogP contribution in [-0.2, 0) is 5.41 Å². The lowest BCUT2D eigenvalue weighted by atomic mass is 9.70. The fraction of sp³-hybridized carbons (Fsp3) is 0.0149. The minimum atomic E-state index is -0.496. The summed E-state index contributed by atoms with van der Waals surface area (Å²) in [4.78, 5) is 2.36. The Bertz CT molecular complexity index is 4140. The molecule has 2 aliphatic carbocycles. The zero-order valence-corrected chi connectivity index (χ0v) is 38.8. The third kappa shape index (κ3) is 5.49. The van der Waals surface area contributed by atoms with Gasteiger partial charge in [-0.1, -0.05) is 206 Å². The molecule has 0 bridgehead atoms. The van der Waals surface area contributed by atoms with E-state index in [0.717, 1.165) is 44.6 Å². The summed E-state index contributed by atoms with van der Waals surface area (Å²) < 4.78 is 9.84. The van der Waals surface area contributed by atoms with E-state index in [0.29, 0.717) is 0 Å². The zero-order valence-electron chi connectivity index (χ0n) is 37.9. The van der Waals surface area contributed by atoms with Gasteiger partial charge in [0.15, 0.2) is 5.58 Å². The molecule has 1 unspecified atom stereocenters. The summed E-state index contributed by atoms with van der Waals surface area (Å²) in [7, 11) is 0. The van der Waals surface area contributed by atoms with E-state index in [-0.39, 0.29) is 0 Å². The van der Waals surface area contributed by atoms with Gasteiger partial charge in [-0.2, -0.15) is 0 Å². The van der Waals surface area contributed by atoms with Crippen molar-refractivity contribution in [1.29, 1.82) is 0 Å². The monoisotopic (exact) mass is 907 g/mol. The average Bonchev–Trinajstić information content (AvgIpc) is 4.18. The standard InChI is InChI=1S/C67H41NOS/c1-3-16-42(17-4-1)44-30-34-46(35-31-44)68(47-36-32-45(33-37-47)43-18-5-2-6-19-43)59-41-39-50(63-54-23-9-13-28-60(54)69-65(59)63)49-24-15-27-57-62(49)52-21-7-11-25-55(52)67(57)56-26-12-8-22-53(56)64-58(67)40-38-51-48-20-10-14-29-61(48)70-66(51)64/h1-41H. The quantitative estimate of drug-likeness (QED) is 0.165. The SMILES string of the molecule is c1ccc(-c2ccc(N(c3ccc(-c4ccccc4)cc3)c3ccc(-c4cccc5c4-c4ccccc4C54c5ccccc5-c5c4ccc4c5sc5ccccc54)c4c3oc3ccccc34)cc2)cc1. The number of anilines is 3. The molecule has 11 aromatic carbocycles. The molecule has 70 heavy (non-hydrogen) atoms. The summed E-state index contributed by atoms with van der Waals surface area (Å²) in [6, 6.07) is 91.3. The molecule has 3 heteroatoms. The fourth-order valence-electron chi connectivity index (χ4n) is 12.2. The van der Waals surface area contributed by atoms with Crippen molar-refractivity contribution in [2.24, 2.45) is 0 Å². The van der Waals surface area contributed by atoms with E-state index in [2.05, 4.69) is 254 Å². The van der Waals surface area contributed by atoms with E-state index in [4.69, 9.17) is 4.42 Å². The molecule has 326 valence electrons. The van der Waals surface area contributed by atoms with Crippen LogP contribution in [0.5, 0.6) is 0 Å². The van der Waals surface area contributed by atoms with Crippen molar-refractivity contribution in [3.8, 4) is 55.6 Å². The van der Waals surface area contributed by atoms with E-state index in [1.165, 1.54) is 92.5 Å². The lowest BCUT2D eigenvalue weighted by Crippen LogP contribution is -2.25. The molecule has 1 spiro atoms. The lowest BCUT2D eigenvalue weighted by molar-refractivity contribution is 0.669. The van der Waals surface area contributed by atoms with Crippen LogP contribution in [-0.4, -0.2) is 0 Å². The third-order valence-electron chi connectivity index (χ3n) is 15.1. The smallest absolute Gasteiger partial charge is 0.160 e. The Balaban J connectivity index is 0.969. The van der Waals surface area contributed by atoms with E-state index < -0.39 is 5.41 Å². The maximum absolute atomic E-state index is 7.16. The maximum atomic E-state index is 7.16. The number of fused-ring (bicyclic) bond motifs is 17. The molecule has 0 aliphatic heterocycles. The normalized spacial score (nSPS) is 14.3. The highest BCUT2D eigenvalue weighted by Gasteiger charge is 2.52. The summed E-state index contributed by atoms with van der Waals surface area (Å²) in [5.74, 6) is 0. The van der Waals surface area contributed by atoms with Gasteiger partial charge in [0, 0.05) is 47.9 Å². The highest BCUT2D eigenvalue weighted by Crippen LogP contribution is 2.66. The number of furan rings is 1. The van der Waals surface area contributed by atoms with E-state index in [1.54, 1.807) is 0 Å². The van der Waals surface area contributed by atoms with Crippen LogP contribution in [0.4, 0.5) is 17.1 Å². The third-order valence-corrected chi connectivity index (χ3v) is 16.3. The van der Waals surface area contributed by atoms with Gasteiger partial charge in [0.1, 0.15) is 5.58 Å². The molecule has 15 rings (SSSR count). The Morgan fingerprint density at radius 2 is 0.871 bits per heavy atom. The van der Waals surface area contributed by atoms with Crippen LogP contribution in [0, 0.1) is 0 Å². The minimum Gasteiger partial charge on any atom is -0.454 e. The van der Waals surface area contributed by atoms with Gasteiger partial charge in [0.2, 0.25) is 0 Å². The highest BCUT2D eigenvalue weighted by molar-refractivity contribution is 7.26. The van der Waals surface area contributed by atoms with Gasteiger partial charge >= 0.3 is 0 Å². The molecule has 2 nitrogen and oxygen atoms in total. The Morgan fingerprint density at radius 3 is 1.56 bits per heavy atom. The predicted molar refractivity (Wildman–Crippen MR) is 294 cm³/mol. The molecule has 2 aromatic heterocycles. The molecule has 13 aromatic rings.